The van der Waals surface area contributed by atoms with Crippen LogP contribution in [0.3, 0.4) is 0 Å². The fourth-order valence-electron chi connectivity index (χ4n) is 4.23. The van der Waals surface area contributed by atoms with Crippen molar-refractivity contribution in [3.05, 3.63) is 83.9 Å². The van der Waals surface area contributed by atoms with E-state index in [0.717, 1.165) is 24.7 Å². The van der Waals surface area contributed by atoms with Gasteiger partial charge in [0, 0.05) is 24.9 Å². The highest BCUT2D eigenvalue weighted by atomic mass is 32.2. The Labute approximate surface area is 220 Å². The molecule has 5 rings (SSSR count). The van der Waals surface area contributed by atoms with Crippen molar-refractivity contribution in [3.63, 3.8) is 0 Å². The van der Waals surface area contributed by atoms with Crippen LogP contribution in [0.15, 0.2) is 82.6 Å². The topological polar surface area (TPSA) is 105 Å². The molecule has 0 bridgehead atoms. The van der Waals surface area contributed by atoms with Gasteiger partial charge in [0.25, 0.3) is 5.91 Å². The molecule has 0 radical (unpaired) electrons. The zero-order chi connectivity index (χ0) is 26.2. The largest absolute Gasteiger partial charge is 0.279 e. The number of hydrogen-bond donors (Lipinski definition) is 0. The fraction of sp³-hybridized carbons (Fsp3) is 0.231. The third-order valence-corrected chi connectivity index (χ3v) is 10.3. The molecule has 4 aromatic rings. The van der Waals surface area contributed by atoms with Gasteiger partial charge in [-0.15, -0.1) is 0 Å². The molecule has 1 saturated heterocycles. The minimum Gasteiger partial charge on any atom is -0.279 e. The molecule has 11 heteroatoms. The summed E-state index contributed by atoms with van der Waals surface area (Å²) in [5, 5.41) is 0.420. The van der Waals surface area contributed by atoms with Crippen molar-refractivity contribution < 1.29 is 21.6 Å². The second kappa shape index (κ2) is 9.97. The molecular formula is C26H25N3O5S3. The number of nitrogens with zero attached hydrogens (tertiary/aromatic N) is 3. The monoisotopic (exact) mass is 555 g/mol. The van der Waals surface area contributed by atoms with Gasteiger partial charge in [-0.25, -0.2) is 21.8 Å². The Bertz CT molecular complexity index is 1660. The van der Waals surface area contributed by atoms with E-state index in [4.69, 9.17) is 0 Å². The normalized spacial score (nSPS) is 14.7. The summed E-state index contributed by atoms with van der Waals surface area (Å²) in [7, 11) is -6.98. The van der Waals surface area contributed by atoms with Crippen LogP contribution in [0.4, 0.5) is 5.13 Å². The third-order valence-electron chi connectivity index (χ3n) is 6.24. The molecule has 1 aliphatic rings. The van der Waals surface area contributed by atoms with E-state index >= 15 is 0 Å². The number of fused-ring (bicyclic) bond motifs is 1. The van der Waals surface area contributed by atoms with Crippen LogP contribution in [0.5, 0.6) is 0 Å². The van der Waals surface area contributed by atoms with Crippen molar-refractivity contribution >= 4 is 52.5 Å². The smallest absolute Gasteiger partial charge is 0.260 e. The molecule has 0 saturated carbocycles. The summed E-state index contributed by atoms with van der Waals surface area (Å²) in [5.74, 6) is -0.337. The van der Waals surface area contributed by atoms with Crippen molar-refractivity contribution in [2.45, 2.75) is 29.2 Å². The molecule has 37 heavy (non-hydrogen) atoms. The summed E-state index contributed by atoms with van der Waals surface area (Å²) in [5.41, 5.74) is 1.80. The van der Waals surface area contributed by atoms with Crippen LogP contribution in [0, 0.1) is 0 Å². The molecule has 1 aromatic heterocycles. The SMILES string of the molecule is CS(=O)(=O)c1ccc2nc(N(Cc3ccccc3)C(=O)c3ccc(S(=O)(=O)N4CCCC4)cc3)sc2c1. The van der Waals surface area contributed by atoms with Crippen LogP contribution in [-0.4, -0.2) is 51.4 Å². The van der Waals surface area contributed by atoms with Crippen LogP contribution in [0.2, 0.25) is 0 Å². The summed E-state index contributed by atoms with van der Waals surface area (Å²) in [6.07, 6.45) is 2.84. The highest BCUT2D eigenvalue weighted by molar-refractivity contribution is 7.90. The van der Waals surface area contributed by atoms with Crippen LogP contribution in [0.1, 0.15) is 28.8 Å². The molecule has 0 N–H and O–H groups in total. The van der Waals surface area contributed by atoms with E-state index in [1.807, 2.05) is 30.3 Å². The number of anilines is 1. The van der Waals surface area contributed by atoms with E-state index in [2.05, 4.69) is 4.98 Å². The predicted octanol–water partition coefficient (Wildman–Crippen LogP) is 4.33. The molecule has 0 unspecified atom stereocenters. The number of carbonyl (C=O) groups is 1. The van der Waals surface area contributed by atoms with E-state index in [-0.39, 0.29) is 22.2 Å². The Kier molecular flexibility index (Phi) is 6.88. The Morgan fingerprint density at radius 2 is 1.57 bits per heavy atom. The van der Waals surface area contributed by atoms with Gasteiger partial charge in [-0.05, 0) is 60.9 Å². The van der Waals surface area contributed by atoms with E-state index in [1.54, 1.807) is 12.1 Å². The first-order valence-electron chi connectivity index (χ1n) is 11.7. The zero-order valence-corrected chi connectivity index (χ0v) is 22.5. The minimum absolute atomic E-state index is 0.161. The van der Waals surface area contributed by atoms with Crippen molar-refractivity contribution in [2.75, 3.05) is 24.2 Å². The highest BCUT2D eigenvalue weighted by Gasteiger charge is 2.28. The first-order valence-corrected chi connectivity index (χ1v) is 15.8. The number of aromatic nitrogens is 1. The third kappa shape index (κ3) is 5.30. The molecule has 0 aliphatic carbocycles. The molecule has 1 aliphatic heterocycles. The maximum Gasteiger partial charge on any atom is 0.260 e. The average molecular weight is 556 g/mol. The number of rotatable bonds is 7. The van der Waals surface area contributed by atoms with Crippen molar-refractivity contribution in [2.24, 2.45) is 0 Å². The van der Waals surface area contributed by atoms with Gasteiger partial charge < -0.3 is 0 Å². The second-order valence-electron chi connectivity index (χ2n) is 8.91. The number of carbonyl (C=O) groups excluding carboxylic acids is 1. The van der Waals surface area contributed by atoms with Gasteiger partial charge in [0.05, 0.1) is 26.6 Å². The molecule has 8 nitrogen and oxygen atoms in total. The van der Waals surface area contributed by atoms with Crippen LogP contribution < -0.4 is 4.90 Å². The molecular weight excluding hydrogens is 531 g/mol. The second-order valence-corrected chi connectivity index (χ2v) is 13.9. The predicted molar refractivity (Wildman–Crippen MR) is 144 cm³/mol. The minimum atomic E-state index is -3.59. The lowest BCUT2D eigenvalue weighted by molar-refractivity contribution is 0.0985. The quantitative estimate of drug-likeness (QED) is 0.336. The van der Waals surface area contributed by atoms with E-state index in [1.165, 1.54) is 50.9 Å². The molecule has 0 spiro atoms. The summed E-state index contributed by atoms with van der Waals surface area (Å²) in [6, 6.07) is 20.2. The van der Waals surface area contributed by atoms with Gasteiger partial charge in [0.1, 0.15) is 0 Å². The number of sulfone groups is 1. The van der Waals surface area contributed by atoms with Crippen LogP contribution >= 0.6 is 11.3 Å². The van der Waals surface area contributed by atoms with Crippen LogP contribution in [0.25, 0.3) is 10.2 Å². The maximum atomic E-state index is 13.7. The summed E-state index contributed by atoms with van der Waals surface area (Å²) < 4.78 is 51.9. The van der Waals surface area contributed by atoms with Gasteiger partial charge in [-0.2, -0.15) is 4.31 Å². The number of thiazole rings is 1. The van der Waals surface area contributed by atoms with Gasteiger partial charge >= 0.3 is 0 Å². The standard InChI is InChI=1S/C26H25N3O5S3/c1-36(31,32)22-13-14-23-24(17-22)35-26(27-23)29(18-19-7-3-2-4-8-19)25(30)20-9-11-21(12-10-20)37(33,34)28-15-5-6-16-28/h2-4,7-14,17H,5-6,15-16,18H2,1H3. The first kappa shape index (κ1) is 25.5. The van der Waals surface area contributed by atoms with Crippen molar-refractivity contribution in [1.29, 1.82) is 0 Å². The van der Waals surface area contributed by atoms with Crippen molar-refractivity contribution in [3.8, 4) is 0 Å². The number of sulfonamides is 1. The molecule has 1 amide bonds. The Balaban J connectivity index is 1.50. The average Bonchev–Trinajstić information content (AvgIpc) is 3.57. The fourth-order valence-corrected chi connectivity index (χ4v) is 7.48. The first-order chi connectivity index (χ1) is 17.6. The van der Waals surface area contributed by atoms with Gasteiger partial charge in [-0.3, -0.25) is 9.69 Å². The Morgan fingerprint density at radius 1 is 0.919 bits per heavy atom. The van der Waals surface area contributed by atoms with E-state index in [0.29, 0.717) is 34.0 Å². The van der Waals surface area contributed by atoms with Gasteiger partial charge in [0.15, 0.2) is 15.0 Å². The van der Waals surface area contributed by atoms with Crippen molar-refractivity contribution in [1.82, 2.24) is 9.29 Å². The summed E-state index contributed by atoms with van der Waals surface area (Å²) in [4.78, 5) is 20.2. The molecule has 3 aromatic carbocycles. The maximum absolute atomic E-state index is 13.7. The van der Waals surface area contributed by atoms with E-state index in [9.17, 15) is 21.6 Å². The molecule has 2 heterocycles. The number of hydrogen-bond acceptors (Lipinski definition) is 7. The molecule has 192 valence electrons. The Morgan fingerprint density at radius 3 is 2.22 bits per heavy atom. The zero-order valence-electron chi connectivity index (χ0n) is 20.1. The lowest BCUT2D eigenvalue weighted by atomic mass is 10.1. The Hall–Kier alpha value is -3.12. The lowest BCUT2D eigenvalue weighted by Gasteiger charge is -2.20. The molecule has 1 fully saturated rings. The molecule has 0 atom stereocenters. The lowest BCUT2D eigenvalue weighted by Crippen LogP contribution is -2.30. The highest BCUT2D eigenvalue weighted by Crippen LogP contribution is 2.32. The summed E-state index contributed by atoms with van der Waals surface area (Å²) in [6.45, 7) is 1.26. The van der Waals surface area contributed by atoms with Gasteiger partial charge in [-0.1, -0.05) is 41.7 Å². The van der Waals surface area contributed by atoms with E-state index < -0.39 is 19.9 Å². The van der Waals surface area contributed by atoms with Crippen LogP contribution in [-0.2, 0) is 26.4 Å². The summed E-state index contributed by atoms with van der Waals surface area (Å²) >= 11 is 1.23. The van der Waals surface area contributed by atoms with Gasteiger partial charge in [0.2, 0.25) is 10.0 Å². The number of amides is 1. The number of benzene rings is 3.